The van der Waals surface area contributed by atoms with Gasteiger partial charge in [0.25, 0.3) is 0 Å². The van der Waals surface area contributed by atoms with Crippen molar-refractivity contribution in [2.45, 2.75) is 31.4 Å². The highest BCUT2D eigenvalue weighted by atomic mass is 16.3. The predicted molar refractivity (Wildman–Crippen MR) is 54.8 cm³/mol. The van der Waals surface area contributed by atoms with Crippen LogP contribution in [0.4, 0.5) is 0 Å². The third kappa shape index (κ3) is 3.25. The second-order valence-corrected chi connectivity index (χ2v) is 4.35. The van der Waals surface area contributed by atoms with Gasteiger partial charge in [0, 0.05) is 19.1 Å². The van der Waals surface area contributed by atoms with Crippen LogP contribution in [0.15, 0.2) is 0 Å². The van der Waals surface area contributed by atoms with E-state index in [1.54, 1.807) is 0 Å². The first-order chi connectivity index (χ1) is 6.11. The van der Waals surface area contributed by atoms with Crippen LogP contribution in [0.3, 0.4) is 0 Å². The van der Waals surface area contributed by atoms with Gasteiger partial charge in [-0.05, 0) is 40.4 Å². The molecule has 3 nitrogen and oxygen atoms in total. The minimum Gasteiger partial charge on any atom is -0.391 e. The zero-order chi connectivity index (χ0) is 9.84. The number of aliphatic hydroxyl groups excluding tert-OH is 1. The summed E-state index contributed by atoms with van der Waals surface area (Å²) in [4.78, 5) is 4.47. The van der Waals surface area contributed by atoms with E-state index >= 15 is 0 Å². The van der Waals surface area contributed by atoms with E-state index < -0.39 is 0 Å². The average molecular weight is 186 g/mol. The van der Waals surface area contributed by atoms with Gasteiger partial charge in [-0.3, -0.25) is 4.90 Å². The van der Waals surface area contributed by atoms with E-state index in [-0.39, 0.29) is 6.10 Å². The van der Waals surface area contributed by atoms with Crippen molar-refractivity contribution in [3.05, 3.63) is 0 Å². The molecule has 0 saturated heterocycles. The number of nitrogens with zero attached hydrogens (tertiary/aromatic N) is 2. The smallest absolute Gasteiger partial charge is 0.0695 e. The second-order valence-electron chi connectivity index (χ2n) is 4.35. The molecule has 1 fully saturated rings. The van der Waals surface area contributed by atoms with Crippen LogP contribution in [0.5, 0.6) is 0 Å². The van der Waals surface area contributed by atoms with Crippen molar-refractivity contribution in [3.63, 3.8) is 0 Å². The first-order valence-electron chi connectivity index (χ1n) is 5.14. The number of hydrogen-bond donors (Lipinski definition) is 1. The average Bonchev–Trinajstić information content (AvgIpc) is 2.47. The molecule has 1 N–H and O–H groups in total. The van der Waals surface area contributed by atoms with E-state index in [0.717, 1.165) is 25.9 Å². The van der Waals surface area contributed by atoms with Gasteiger partial charge in [0.1, 0.15) is 0 Å². The molecule has 0 aromatic rings. The molecule has 0 heterocycles. The molecule has 0 aliphatic heterocycles. The predicted octanol–water partition coefficient (Wildman–Crippen LogP) is 0.393. The molecule has 3 heteroatoms. The fourth-order valence-electron chi connectivity index (χ4n) is 1.96. The molecular formula is C10H22N2O. The Labute approximate surface area is 81.3 Å². The molecule has 0 bridgehead atoms. The van der Waals surface area contributed by atoms with Crippen molar-refractivity contribution in [1.82, 2.24) is 9.80 Å². The van der Waals surface area contributed by atoms with Crippen molar-refractivity contribution in [2.75, 3.05) is 34.2 Å². The Balaban J connectivity index is 2.25. The summed E-state index contributed by atoms with van der Waals surface area (Å²) >= 11 is 0. The summed E-state index contributed by atoms with van der Waals surface area (Å²) in [5.74, 6) is 0. The summed E-state index contributed by atoms with van der Waals surface area (Å²) in [6.45, 7) is 2.12. The first kappa shape index (κ1) is 11.0. The van der Waals surface area contributed by atoms with Crippen molar-refractivity contribution >= 4 is 0 Å². The van der Waals surface area contributed by atoms with Crippen molar-refractivity contribution in [1.29, 1.82) is 0 Å². The Bertz CT molecular complexity index is 150. The normalized spacial score (nSPS) is 29.1. The van der Waals surface area contributed by atoms with E-state index in [1.165, 1.54) is 6.42 Å². The van der Waals surface area contributed by atoms with Gasteiger partial charge in [-0.2, -0.15) is 0 Å². The fourth-order valence-corrected chi connectivity index (χ4v) is 1.96. The lowest BCUT2D eigenvalue weighted by atomic mass is 10.2. The van der Waals surface area contributed by atoms with Gasteiger partial charge in [-0.1, -0.05) is 0 Å². The molecule has 1 aliphatic rings. The van der Waals surface area contributed by atoms with E-state index in [2.05, 4.69) is 30.9 Å². The summed E-state index contributed by atoms with van der Waals surface area (Å²) < 4.78 is 0. The lowest BCUT2D eigenvalue weighted by Gasteiger charge is -2.27. The highest BCUT2D eigenvalue weighted by Crippen LogP contribution is 2.22. The van der Waals surface area contributed by atoms with E-state index in [0.29, 0.717) is 6.04 Å². The maximum atomic E-state index is 9.67. The Morgan fingerprint density at radius 3 is 2.31 bits per heavy atom. The monoisotopic (exact) mass is 186 g/mol. The highest BCUT2D eigenvalue weighted by molar-refractivity contribution is 4.83. The molecule has 2 atom stereocenters. The van der Waals surface area contributed by atoms with Crippen molar-refractivity contribution in [2.24, 2.45) is 0 Å². The van der Waals surface area contributed by atoms with Crippen LogP contribution in [0, 0.1) is 0 Å². The van der Waals surface area contributed by atoms with Gasteiger partial charge in [-0.15, -0.1) is 0 Å². The molecule has 0 aromatic heterocycles. The summed E-state index contributed by atoms with van der Waals surface area (Å²) in [5, 5.41) is 9.67. The van der Waals surface area contributed by atoms with Crippen molar-refractivity contribution in [3.8, 4) is 0 Å². The van der Waals surface area contributed by atoms with Crippen LogP contribution in [-0.4, -0.2) is 61.3 Å². The van der Waals surface area contributed by atoms with Gasteiger partial charge in [0.2, 0.25) is 0 Å². The van der Waals surface area contributed by atoms with Crippen LogP contribution >= 0.6 is 0 Å². The molecule has 1 saturated carbocycles. The largest absolute Gasteiger partial charge is 0.391 e. The minimum atomic E-state index is -0.0906. The quantitative estimate of drug-likeness (QED) is 0.688. The van der Waals surface area contributed by atoms with E-state index in [4.69, 9.17) is 0 Å². The lowest BCUT2D eigenvalue weighted by Crippen LogP contribution is -2.40. The second kappa shape index (κ2) is 4.94. The zero-order valence-corrected chi connectivity index (χ0v) is 9.03. The van der Waals surface area contributed by atoms with Crippen LogP contribution in [-0.2, 0) is 0 Å². The van der Waals surface area contributed by atoms with Gasteiger partial charge in [0.15, 0.2) is 0 Å². The Hall–Kier alpha value is -0.120. The van der Waals surface area contributed by atoms with E-state index in [1.807, 2.05) is 0 Å². The SMILES string of the molecule is CN(C)CCN(C)[C@H]1CCC[C@@H]1O. The molecule has 1 aliphatic carbocycles. The van der Waals surface area contributed by atoms with Gasteiger partial charge in [0.05, 0.1) is 6.10 Å². The third-order valence-electron chi connectivity index (χ3n) is 2.91. The molecule has 0 unspecified atom stereocenters. The summed E-state index contributed by atoms with van der Waals surface area (Å²) in [5.41, 5.74) is 0. The highest BCUT2D eigenvalue weighted by Gasteiger charge is 2.28. The number of likely N-dealkylation sites (N-methyl/N-ethyl adjacent to an activating group) is 2. The molecule has 0 aromatic carbocycles. The number of hydrogen-bond acceptors (Lipinski definition) is 3. The zero-order valence-electron chi connectivity index (χ0n) is 9.03. The fraction of sp³-hybridized carbons (Fsp3) is 1.00. The maximum absolute atomic E-state index is 9.67. The molecule has 13 heavy (non-hydrogen) atoms. The maximum Gasteiger partial charge on any atom is 0.0695 e. The van der Waals surface area contributed by atoms with Crippen LogP contribution in [0.1, 0.15) is 19.3 Å². The summed E-state index contributed by atoms with van der Waals surface area (Å²) in [6, 6.07) is 0.403. The van der Waals surface area contributed by atoms with Gasteiger partial charge in [-0.25, -0.2) is 0 Å². The minimum absolute atomic E-state index is 0.0906. The Kier molecular flexibility index (Phi) is 4.16. The molecule has 1 rings (SSSR count). The van der Waals surface area contributed by atoms with Crippen LogP contribution < -0.4 is 0 Å². The van der Waals surface area contributed by atoms with Gasteiger partial charge < -0.3 is 10.0 Å². The summed E-state index contributed by atoms with van der Waals surface area (Å²) in [6.07, 6.45) is 3.23. The third-order valence-corrected chi connectivity index (χ3v) is 2.91. The Morgan fingerprint density at radius 1 is 1.15 bits per heavy atom. The van der Waals surface area contributed by atoms with Crippen LogP contribution in [0.25, 0.3) is 0 Å². The topological polar surface area (TPSA) is 26.7 Å². The molecule has 0 amide bonds. The molecular weight excluding hydrogens is 164 g/mol. The molecule has 0 radical (unpaired) electrons. The van der Waals surface area contributed by atoms with Crippen LogP contribution in [0.2, 0.25) is 0 Å². The Morgan fingerprint density at radius 2 is 1.85 bits per heavy atom. The summed E-state index contributed by atoms with van der Waals surface area (Å²) in [7, 11) is 6.28. The first-order valence-corrected chi connectivity index (χ1v) is 5.14. The van der Waals surface area contributed by atoms with Gasteiger partial charge >= 0.3 is 0 Å². The number of aliphatic hydroxyl groups is 1. The van der Waals surface area contributed by atoms with Crippen molar-refractivity contribution < 1.29 is 5.11 Å². The number of rotatable bonds is 4. The molecule has 0 spiro atoms. The molecule has 78 valence electrons. The lowest BCUT2D eigenvalue weighted by molar-refractivity contribution is 0.0826. The standard InChI is InChI=1S/C10H22N2O/c1-11(2)7-8-12(3)9-5-4-6-10(9)13/h9-10,13H,4-8H2,1-3H3/t9-,10-/m0/s1. The van der Waals surface area contributed by atoms with E-state index in [9.17, 15) is 5.11 Å².